The summed E-state index contributed by atoms with van der Waals surface area (Å²) in [7, 11) is 0. The van der Waals surface area contributed by atoms with Gasteiger partial charge in [-0.25, -0.2) is 4.98 Å². The molecule has 174 valence electrons. The number of morpholine rings is 1. The minimum absolute atomic E-state index is 0.0693. The molecule has 3 N–H and O–H groups in total. The van der Waals surface area contributed by atoms with Gasteiger partial charge in [-0.3, -0.25) is 9.59 Å². The molecule has 0 spiro atoms. The number of primary amides is 1. The van der Waals surface area contributed by atoms with E-state index in [-0.39, 0.29) is 23.3 Å². The number of aromatic nitrogens is 1. The molecule has 0 radical (unpaired) electrons. The fraction of sp³-hybridized carbons (Fsp3) is 0.720. The minimum Gasteiger partial charge on any atom is -0.378 e. The van der Waals surface area contributed by atoms with E-state index in [9.17, 15) is 9.59 Å². The van der Waals surface area contributed by atoms with Gasteiger partial charge in [0.1, 0.15) is 5.82 Å². The predicted octanol–water partition coefficient (Wildman–Crippen LogP) is 2.38. The van der Waals surface area contributed by atoms with Crippen LogP contribution in [-0.2, 0) is 19.7 Å². The Hall–Kier alpha value is -2.15. The minimum atomic E-state index is -0.657. The van der Waals surface area contributed by atoms with Crippen LogP contribution in [0.2, 0.25) is 0 Å². The molecule has 5 atom stereocenters. The van der Waals surface area contributed by atoms with Gasteiger partial charge in [0.05, 0.1) is 18.6 Å². The first kappa shape index (κ1) is 21.7. The van der Waals surface area contributed by atoms with Crippen LogP contribution in [0.1, 0.15) is 57.9 Å². The molecule has 7 nitrogen and oxygen atoms in total. The number of carbonyl (C=O) groups is 2. The van der Waals surface area contributed by atoms with Crippen molar-refractivity contribution in [2.24, 2.45) is 28.9 Å². The van der Waals surface area contributed by atoms with Crippen molar-refractivity contribution in [2.75, 3.05) is 31.2 Å². The van der Waals surface area contributed by atoms with Crippen LogP contribution in [0.3, 0.4) is 0 Å². The van der Waals surface area contributed by atoms with Crippen LogP contribution in [0, 0.1) is 23.2 Å². The number of nitrogens with two attached hydrogens (primary N) is 1. The maximum Gasteiger partial charge on any atom is 0.230 e. The van der Waals surface area contributed by atoms with Gasteiger partial charge in [0.2, 0.25) is 11.8 Å². The lowest BCUT2D eigenvalue weighted by molar-refractivity contribution is -0.137. The molecule has 4 aliphatic carbocycles. The van der Waals surface area contributed by atoms with Gasteiger partial charge in [-0.2, -0.15) is 0 Å². The van der Waals surface area contributed by atoms with Crippen LogP contribution in [-0.4, -0.2) is 49.1 Å². The number of ether oxygens (including phenoxy) is 1. The van der Waals surface area contributed by atoms with E-state index < -0.39 is 5.41 Å². The number of nitrogens with zero attached hydrogens (tertiary/aromatic N) is 2. The van der Waals surface area contributed by atoms with Crippen molar-refractivity contribution >= 4 is 17.6 Å². The number of carbonyl (C=O) groups excluding carboxylic acids is 2. The summed E-state index contributed by atoms with van der Waals surface area (Å²) in [5, 5.41) is 3.44. The van der Waals surface area contributed by atoms with Crippen molar-refractivity contribution in [3.63, 3.8) is 0 Å². The van der Waals surface area contributed by atoms with E-state index in [2.05, 4.69) is 15.2 Å². The third-order valence-corrected chi connectivity index (χ3v) is 8.62. The maximum absolute atomic E-state index is 13.5. The van der Waals surface area contributed by atoms with Crippen molar-refractivity contribution in [2.45, 2.75) is 63.8 Å². The van der Waals surface area contributed by atoms with E-state index in [4.69, 9.17) is 10.5 Å². The Kier molecular flexibility index (Phi) is 5.43. The Morgan fingerprint density at radius 2 is 1.88 bits per heavy atom. The van der Waals surface area contributed by atoms with Gasteiger partial charge in [0.15, 0.2) is 0 Å². The van der Waals surface area contributed by atoms with Crippen LogP contribution in [0.25, 0.3) is 0 Å². The van der Waals surface area contributed by atoms with Gasteiger partial charge in [-0.1, -0.05) is 6.07 Å². The zero-order valence-corrected chi connectivity index (χ0v) is 19.3. The molecule has 2 heterocycles. The normalized spacial score (nSPS) is 33.9. The summed E-state index contributed by atoms with van der Waals surface area (Å²) in [5.41, 5.74) is 5.94. The standard InChI is InChI=1S/C25H36N4O3/c1-24(2,19-3-4-21(27-15-19)29-5-7-32-8-6-29)23(31)28-22-17-9-16-10-18(22)13-25(11-16,12-17)14-20(26)30/h3-4,15-18,22H,5-14H2,1-2H3,(H2,26,30)(H,28,31)/t16?,17-,18?,22?,25?/m0/s1. The Bertz CT molecular complexity index is 862. The lowest BCUT2D eigenvalue weighted by Crippen LogP contribution is -2.61. The Balaban J connectivity index is 1.27. The fourth-order valence-corrected chi connectivity index (χ4v) is 7.21. The summed E-state index contributed by atoms with van der Waals surface area (Å²) in [6, 6.07) is 4.27. The number of nitrogens with one attached hydrogen (secondary N) is 1. The number of amides is 2. The van der Waals surface area contributed by atoms with Crippen molar-refractivity contribution in [1.82, 2.24) is 10.3 Å². The maximum atomic E-state index is 13.5. The van der Waals surface area contributed by atoms with E-state index in [1.807, 2.05) is 32.2 Å². The Morgan fingerprint density at radius 1 is 1.19 bits per heavy atom. The molecule has 32 heavy (non-hydrogen) atoms. The molecule has 4 bridgehead atoms. The Labute approximate surface area is 190 Å². The highest BCUT2D eigenvalue weighted by molar-refractivity contribution is 5.87. The molecule has 7 heteroatoms. The summed E-state index contributed by atoms with van der Waals surface area (Å²) in [5.74, 6) is 2.44. The predicted molar refractivity (Wildman–Crippen MR) is 122 cm³/mol. The highest BCUT2D eigenvalue weighted by Crippen LogP contribution is 2.61. The average Bonchev–Trinajstić information content (AvgIpc) is 2.75. The van der Waals surface area contributed by atoms with Crippen LogP contribution in [0.5, 0.6) is 0 Å². The largest absolute Gasteiger partial charge is 0.378 e. The zero-order chi connectivity index (χ0) is 22.5. The van der Waals surface area contributed by atoms with E-state index in [0.717, 1.165) is 69.8 Å². The molecule has 4 unspecified atom stereocenters. The number of pyridine rings is 1. The highest BCUT2D eigenvalue weighted by atomic mass is 16.5. The van der Waals surface area contributed by atoms with Gasteiger partial charge in [0.25, 0.3) is 0 Å². The van der Waals surface area contributed by atoms with E-state index in [0.29, 0.717) is 24.2 Å². The lowest BCUT2D eigenvalue weighted by atomic mass is 9.47. The van der Waals surface area contributed by atoms with E-state index >= 15 is 0 Å². The average molecular weight is 441 g/mol. The second-order valence-electron chi connectivity index (χ2n) is 11.2. The van der Waals surface area contributed by atoms with Crippen molar-refractivity contribution < 1.29 is 14.3 Å². The summed E-state index contributed by atoms with van der Waals surface area (Å²) < 4.78 is 5.42. The summed E-state index contributed by atoms with van der Waals surface area (Å²) >= 11 is 0. The van der Waals surface area contributed by atoms with E-state index in [1.165, 1.54) is 0 Å². The quantitative estimate of drug-likeness (QED) is 0.708. The molecular formula is C25H36N4O3. The SMILES string of the molecule is CC(C)(C(=O)NC1C2CC3C[C@H]1CC(CC(N)=O)(C3)C2)c1ccc(N2CCOCC2)nc1. The monoisotopic (exact) mass is 440 g/mol. The Morgan fingerprint density at radius 3 is 2.47 bits per heavy atom. The molecule has 1 saturated heterocycles. The molecule has 5 fully saturated rings. The van der Waals surface area contributed by atoms with Gasteiger partial charge < -0.3 is 20.7 Å². The fourth-order valence-electron chi connectivity index (χ4n) is 7.21. The summed E-state index contributed by atoms with van der Waals surface area (Å²) in [6.45, 7) is 7.11. The first-order valence-electron chi connectivity index (χ1n) is 12.1. The summed E-state index contributed by atoms with van der Waals surface area (Å²) in [4.78, 5) is 32.0. The highest BCUT2D eigenvalue weighted by Gasteiger charge is 2.56. The summed E-state index contributed by atoms with van der Waals surface area (Å²) in [6.07, 6.45) is 7.85. The van der Waals surface area contributed by atoms with Gasteiger partial charge in [0, 0.05) is 31.7 Å². The van der Waals surface area contributed by atoms with Crippen molar-refractivity contribution in [3.05, 3.63) is 23.9 Å². The molecule has 2 amide bonds. The topological polar surface area (TPSA) is 97.5 Å². The molecule has 5 aliphatic rings. The second kappa shape index (κ2) is 8.01. The first-order chi connectivity index (χ1) is 15.3. The number of anilines is 1. The van der Waals surface area contributed by atoms with Crippen molar-refractivity contribution in [3.8, 4) is 0 Å². The van der Waals surface area contributed by atoms with Crippen LogP contribution < -0.4 is 16.0 Å². The van der Waals surface area contributed by atoms with Gasteiger partial charge in [-0.05, 0) is 80.8 Å². The first-order valence-corrected chi connectivity index (χ1v) is 12.1. The third-order valence-electron chi connectivity index (χ3n) is 8.62. The van der Waals surface area contributed by atoms with E-state index in [1.54, 1.807) is 0 Å². The molecule has 1 aromatic heterocycles. The number of hydrogen-bond donors (Lipinski definition) is 2. The molecule has 4 saturated carbocycles. The van der Waals surface area contributed by atoms with Crippen LogP contribution >= 0.6 is 0 Å². The number of hydrogen-bond acceptors (Lipinski definition) is 5. The van der Waals surface area contributed by atoms with Gasteiger partial charge in [-0.15, -0.1) is 0 Å². The second-order valence-corrected chi connectivity index (χ2v) is 11.2. The molecule has 6 rings (SSSR count). The smallest absolute Gasteiger partial charge is 0.230 e. The number of rotatable bonds is 6. The molecule has 1 aromatic rings. The van der Waals surface area contributed by atoms with Crippen molar-refractivity contribution in [1.29, 1.82) is 0 Å². The van der Waals surface area contributed by atoms with Gasteiger partial charge >= 0.3 is 0 Å². The molecular weight excluding hydrogens is 404 g/mol. The zero-order valence-electron chi connectivity index (χ0n) is 19.3. The lowest BCUT2D eigenvalue weighted by Gasteiger charge is -2.60. The van der Waals surface area contributed by atoms with Crippen LogP contribution in [0.4, 0.5) is 5.82 Å². The molecule has 0 aromatic carbocycles. The van der Waals surface area contributed by atoms with Crippen LogP contribution in [0.15, 0.2) is 18.3 Å². The third kappa shape index (κ3) is 3.89. The molecule has 1 aliphatic heterocycles.